The Morgan fingerprint density at radius 3 is 2.65 bits per heavy atom. The number of halogens is 3. The molecule has 1 aromatic carbocycles. The van der Waals surface area contributed by atoms with Gasteiger partial charge in [-0.25, -0.2) is 0 Å². The summed E-state index contributed by atoms with van der Waals surface area (Å²) in [6, 6.07) is 5.20. The van der Waals surface area contributed by atoms with Crippen LogP contribution in [0.4, 0.5) is 13.2 Å². The zero-order chi connectivity index (χ0) is 12.7. The molecule has 92 valence electrons. The predicted molar refractivity (Wildman–Crippen MR) is 58.4 cm³/mol. The van der Waals surface area contributed by atoms with Crippen molar-refractivity contribution in [2.45, 2.75) is 18.6 Å². The number of nitrogens with two attached hydrogens (primary N) is 1. The summed E-state index contributed by atoms with van der Waals surface area (Å²) in [4.78, 5) is 3.96. The van der Waals surface area contributed by atoms with Crippen LogP contribution in [-0.4, -0.2) is 12.5 Å². The van der Waals surface area contributed by atoms with E-state index < -0.39 is 17.3 Å². The van der Waals surface area contributed by atoms with E-state index in [1.165, 1.54) is 6.07 Å². The molecule has 0 saturated heterocycles. The molecule has 1 heterocycles. The molecule has 0 fully saturated rings. The lowest BCUT2D eigenvalue weighted by Crippen LogP contribution is -2.43. The first-order valence-corrected chi connectivity index (χ1v) is 5.07. The Bertz CT molecular complexity index is 467. The lowest BCUT2D eigenvalue weighted by molar-refractivity contribution is -0.137. The third-order valence-electron chi connectivity index (χ3n) is 2.80. The summed E-state index contributed by atoms with van der Waals surface area (Å²) in [6.07, 6.45) is -4.34. The fourth-order valence-corrected chi connectivity index (χ4v) is 1.81. The molecule has 17 heavy (non-hydrogen) atoms. The summed E-state index contributed by atoms with van der Waals surface area (Å²) < 4.78 is 37.7. The quantitative estimate of drug-likeness (QED) is 0.790. The summed E-state index contributed by atoms with van der Waals surface area (Å²) >= 11 is 0. The molecule has 6 heteroatoms. The smallest absolute Gasteiger partial charge is 0.370 e. The first-order valence-electron chi connectivity index (χ1n) is 5.07. The van der Waals surface area contributed by atoms with Gasteiger partial charge in [-0.2, -0.15) is 13.2 Å². The maximum atomic E-state index is 12.6. The van der Waals surface area contributed by atoms with Gasteiger partial charge in [-0.1, -0.05) is 12.1 Å². The molecule has 1 aliphatic rings. The van der Waals surface area contributed by atoms with E-state index in [0.717, 1.165) is 12.1 Å². The van der Waals surface area contributed by atoms with Crippen molar-refractivity contribution in [2.75, 3.05) is 6.54 Å². The first kappa shape index (κ1) is 11.8. The number of hydrogen-bond donors (Lipinski definition) is 2. The van der Waals surface area contributed by atoms with Crippen LogP contribution in [0.25, 0.3) is 0 Å². The molecule has 1 atom stereocenters. The lowest BCUT2D eigenvalue weighted by Gasteiger charge is -2.25. The van der Waals surface area contributed by atoms with Crippen molar-refractivity contribution in [2.24, 2.45) is 10.7 Å². The zero-order valence-electron chi connectivity index (χ0n) is 9.17. The van der Waals surface area contributed by atoms with Gasteiger partial charge in [0.15, 0.2) is 5.96 Å². The third-order valence-corrected chi connectivity index (χ3v) is 2.80. The van der Waals surface area contributed by atoms with E-state index in [2.05, 4.69) is 10.3 Å². The van der Waals surface area contributed by atoms with Crippen molar-refractivity contribution in [3.63, 3.8) is 0 Å². The summed E-state index contributed by atoms with van der Waals surface area (Å²) in [7, 11) is 0. The molecular weight excluding hydrogens is 231 g/mol. The van der Waals surface area contributed by atoms with E-state index >= 15 is 0 Å². The predicted octanol–water partition coefficient (Wildman–Crippen LogP) is 1.84. The van der Waals surface area contributed by atoms with E-state index in [9.17, 15) is 13.2 Å². The Labute approximate surface area is 96.5 Å². The van der Waals surface area contributed by atoms with Crippen LogP contribution in [0.15, 0.2) is 29.3 Å². The highest BCUT2D eigenvalue weighted by Gasteiger charge is 2.35. The van der Waals surface area contributed by atoms with Gasteiger partial charge in [-0.3, -0.25) is 4.99 Å². The third kappa shape index (κ3) is 2.20. The zero-order valence-corrected chi connectivity index (χ0v) is 9.17. The molecule has 1 aromatic rings. The number of guanidine groups is 1. The highest BCUT2D eigenvalue weighted by molar-refractivity contribution is 5.81. The van der Waals surface area contributed by atoms with E-state index in [-0.39, 0.29) is 5.96 Å². The molecule has 0 amide bonds. The van der Waals surface area contributed by atoms with E-state index in [4.69, 9.17) is 5.73 Å². The molecule has 0 saturated carbocycles. The monoisotopic (exact) mass is 243 g/mol. The van der Waals surface area contributed by atoms with Crippen LogP contribution in [0.3, 0.4) is 0 Å². The minimum atomic E-state index is -4.34. The highest BCUT2D eigenvalue weighted by Crippen LogP contribution is 2.32. The minimum Gasteiger partial charge on any atom is -0.370 e. The van der Waals surface area contributed by atoms with Crippen molar-refractivity contribution in [3.8, 4) is 0 Å². The fourth-order valence-electron chi connectivity index (χ4n) is 1.81. The van der Waals surface area contributed by atoms with Crippen LogP contribution in [-0.2, 0) is 11.7 Å². The summed E-state index contributed by atoms with van der Waals surface area (Å²) in [5, 5.41) is 2.89. The molecular formula is C11H12F3N3. The maximum absolute atomic E-state index is 12.6. The Morgan fingerprint density at radius 2 is 2.12 bits per heavy atom. The van der Waals surface area contributed by atoms with Gasteiger partial charge >= 0.3 is 6.18 Å². The van der Waals surface area contributed by atoms with Gasteiger partial charge in [0.05, 0.1) is 17.6 Å². The van der Waals surface area contributed by atoms with Crippen LogP contribution in [0, 0.1) is 0 Å². The van der Waals surface area contributed by atoms with Crippen LogP contribution >= 0.6 is 0 Å². The molecule has 0 bridgehead atoms. The minimum absolute atomic E-state index is 0.255. The van der Waals surface area contributed by atoms with Gasteiger partial charge in [0.1, 0.15) is 0 Å². The average Bonchev–Trinajstić information content (AvgIpc) is 2.59. The van der Waals surface area contributed by atoms with E-state index in [1.807, 2.05) is 0 Å². The average molecular weight is 243 g/mol. The van der Waals surface area contributed by atoms with E-state index in [1.54, 1.807) is 13.0 Å². The van der Waals surface area contributed by atoms with Crippen molar-refractivity contribution in [3.05, 3.63) is 35.4 Å². The van der Waals surface area contributed by atoms with Gasteiger partial charge in [0.2, 0.25) is 0 Å². The number of nitrogens with one attached hydrogen (secondary N) is 1. The molecule has 0 spiro atoms. The summed E-state index contributed by atoms with van der Waals surface area (Å²) in [6.45, 7) is 2.10. The lowest BCUT2D eigenvalue weighted by atomic mass is 9.91. The topological polar surface area (TPSA) is 50.4 Å². The largest absolute Gasteiger partial charge is 0.416 e. The molecule has 1 aliphatic heterocycles. The number of benzene rings is 1. The molecule has 3 N–H and O–H groups in total. The molecule has 2 rings (SSSR count). The van der Waals surface area contributed by atoms with Crippen LogP contribution in [0.1, 0.15) is 18.1 Å². The van der Waals surface area contributed by atoms with E-state index in [0.29, 0.717) is 12.1 Å². The SMILES string of the molecule is CC1(c2cccc(C(F)(F)F)c2)CN=C(N)N1. The number of aliphatic imine (C=N–C) groups is 1. The summed E-state index contributed by atoms with van der Waals surface area (Å²) in [5.74, 6) is 0.255. The molecule has 0 aromatic heterocycles. The number of nitrogens with zero attached hydrogens (tertiary/aromatic N) is 1. The van der Waals surface area contributed by atoms with Gasteiger partial charge in [0.25, 0.3) is 0 Å². The Kier molecular flexibility index (Phi) is 2.52. The number of rotatable bonds is 1. The Morgan fingerprint density at radius 1 is 1.41 bits per heavy atom. The normalized spacial score (nSPS) is 24.4. The van der Waals surface area contributed by atoms with Crippen molar-refractivity contribution in [1.82, 2.24) is 5.32 Å². The second-order valence-corrected chi connectivity index (χ2v) is 4.24. The number of alkyl halides is 3. The fraction of sp³-hybridized carbons (Fsp3) is 0.364. The number of hydrogen-bond acceptors (Lipinski definition) is 3. The second kappa shape index (κ2) is 3.65. The Hall–Kier alpha value is -1.72. The van der Waals surface area contributed by atoms with Crippen LogP contribution in [0.5, 0.6) is 0 Å². The maximum Gasteiger partial charge on any atom is 0.416 e. The van der Waals surface area contributed by atoms with Gasteiger partial charge in [-0.15, -0.1) is 0 Å². The van der Waals surface area contributed by atoms with Gasteiger partial charge in [-0.05, 0) is 24.6 Å². The van der Waals surface area contributed by atoms with Gasteiger partial charge in [0, 0.05) is 0 Å². The van der Waals surface area contributed by atoms with Gasteiger partial charge < -0.3 is 11.1 Å². The molecule has 3 nitrogen and oxygen atoms in total. The summed E-state index contributed by atoms with van der Waals surface area (Å²) in [5.41, 5.74) is 4.69. The molecule has 0 radical (unpaired) electrons. The van der Waals surface area contributed by atoms with Crippen molar-refractivity contribution >= 4 is 5.96 Å². The first-order chi connectivity index (χ1) is 7.81. The van der Waals surface area contributed by atoms with Crippen molar-refractivity contribution in [1.29, 1.82) is 0 Å². The standard InChI is InChI=1S/C11H12F3N3/c1-10(6-16-9(15)17-10)7-3-2-4-8(5-7)11(12,13)14/h2-5H,6H2,1H3,(H3,15,16,17). The second-order valence-electron chi connectivity index (χ2n) is 4.24. The van der Waals surface area contributed by atoms with Crippen molar-refractivity contribution < 1.29 is 13.2 Å². The molecule has 0 aliphatic carbocycles. The molecule has 1 unspecified atom stereocenters. The van der Waals surface area contributed by atoms with Crippen LogP contribution < -0.4 is 11.1 Å². The highest BCUT2D eigenvalue weighted by atomic mass is 19.4. The van der Waals surface area contributed by atoms with Crippen LogP contribution in [0.2, 0.25) is 0 Å². The Balaban J connectivity index is 2.35.